The molecule has 3 aromatic carbocycles. The van der Waals surface area contributed by atoms with Crippen molar-refractivity contribution < 1.29 is 0 Å². The summed E-state index contributed by atoms with van der Waals surface area (Å²) in [5.41, 5.74) is 8.65. The molecule has 0 aliphatic rings. The zero-order valence-electron chi connectivity index (χ0n) is 16.1. The first-order valence-electron chi connectivity index (χ1n) is 8.90. The molecule has 3 aromatic rings. The molecule has 0 N–H and O–H groups in total. The minimum absolute atomic E-state index is 1.41. The first-order valence-corrected chi connectivity index (χ1v) is 12.7. The maximum atomic E-state index is 2.38. The third-order valence-electron chi connectivity index (χ3n) is 5.45. The fourth-order valence-corrected chi connectivity index (χ4v) is 11.9. The molecule has 0 fully saturated rings. The van der Waals surface area contributed by atoms with Gasteiger partial charge in [0.15, 0.2) is 0 Å². The average Bonchev–Trinajstić information content (AvgIpc) is 2.59. The van der Waals surface area contributed by atoms with Gasteiger partial charge in [-0.2, -0.15) is 0 Å². The van der Waals surface area contributed by atoms with Crippen LogP contribution in [0.15, 0.2) is 54.6 Å². The normalized spacial score (nSPS) is 11.2. The van der Waals surface area contributed by atoms with Crippen molar-refractivity contribution in [2.75, 3.05) is 0 Å². The van der Waals surface area contributed by atoms with Crippen LogP contribution in [0.1, 0.15) is 33.4 Å². The molecular weight excluding hydrogens is 410 g/mol. The molecule has 0 amide bonds. The molecule has 0 saturated heterocycles. The Morgan fingerprint density at radius 1 is 0.440 bits per heavy atom. The van der Waals surface area contributed by atoms with Gasteiger partial charge in [-0.3, -0.25) is 0 Å². The Bertz CT molecular complexity index is 799. The number of hydrogen-bond donors (Lipinski definition) is 0. The van der Waals surface area contributed by atoms with Crippen LogP contribution in [0.5, 0.6) is 0 Å². The van der Waals surface area contributed by atoms with Crippen LogP contribution in [-0.2, 0) is 0 Å². The van der Waals surface area contributed by atoms with Crippen LogP contribution in [0.25, 0.3) is 0 Å². The Kier molecular flexibility index (Phi) is 5.40. The van der Waals surface area contributed by atoms with Crippen LogP contribution in [0.2, 0.25) is 0 Å². The summed E-state index contributed by atoms with van der Waals surface area (Å²) < 4.78 is 4.81. The Morgan fingerprint density at radius 2 is 0.720 bits per heavy atom. The van der Waals surface area contributed by atoms with Crippen LogP contribution in [0.3, 0.4) is 0 Å². The van der Waals surface area contributed by atoms with E-state index < -0.39 is 20.2 Å². The third-order valence-corrected chi connectivity index (χ3v) is 13.7. The molecule has 0 aliphatic carbocycles. The molecule has 0 aliphatic heterocycles. The summed E-state index contributed by atoms with van der Waals surface area (Å²) in [5, 5.41) is 0. The number of hydrogen-bond acceptors (Lipinski definition) is 0. The SMILES string of the molecule is Cc1ccc[c]([Sb]([c]2cccc(C)c2C)[c]2cccc(C)c2C)c1C. The van der Waals surface area contributed by atoms with Crippen molar-refractivity contribution in [2.45, 2.75) is 41.5 Å². The zero-order valence-corrected chi connectivity index (χ0v) is 18.7. The quantitative estimate of drug-likeness (QED) is 0.543. The Balaban J connectivity index is 2.35. The summed E-state index contributed by atoms with van der Waals surface area (Å²) >= 11 is -2.08. The molecule has 0 atom stereocenters. The van der Waals surface area contributed by atoms with Gasteiger partial charge in [0.1, 0.15) is 0 Å². The van der Waals surface area contributed by atoms with Gasteiger partial charge in [0.25, 0.3) is 0 Å². The van der Waals surface area contributed by atoms with Gasteiger partial charge in [0.05, 0.1) is 0 Å². The molecule has 0 aromatic heterocycles. The number of aryl methyl sites for hydroxylation is 3. The summed E-state index contributed by atoms with van der Waals surface area (Å²) in [5.74, 6) is 0. The first-order chi connectivity index (χ1) is 11.9. The van der Waals surface area contributed by atoms with E-state index in [2.05, 4.69) is 96.1 Å². The van der Waals surface area contributed by atoms with E-state index >= 15 is 0 Å². The number of rotatable bonds is 3. The molecule has 0 radical (unpaired) electrons. The van der Waals surface area contributed by atoms with Crippen molar-refractivity contribution in [1.29, 1.82) is 0 Å². The predicted molar refractivity (Wildman–Crippen MR) is 112 cm³/mol. The summed E-state index contributed by atoms with van der Waals surface area (Å²) in [6.07, 6.45) is 0. The van der Waals surface area contributed by atoms with Crippen LogP contribution in [-0.4, -0.2) is 20.2 Å². The van der Waals surface area contributed by atoms with Gasteiger partial charge in [-0.1, -0.05) is 0 Å². The summed E-state index contributed by atoms with van der Waals surface area (Å²) in [7, 11) is 0. The van der Waals surface area contributed by atoms with Gasteiger partial charge in [-0.15, -0.1) is 0 Å². The summed E-state index contributed by atoms with van der Waals surface area (Å²) in [6, 6.07) is 20.6. The second-order valence-corrected chi connectivity index (χ2v) is 13.0. The van der Waals surface area contributed by atoms with Crippen molar-refractivity contribution in [3.8, 4) is 0 Å². The second-order valence-electron chi connectivity index (χ2n) is 6.99. The van der Waals surface area contributed by atoms with Crippen molar-refractivity contribution in [3.05, 3.63) is 88.0 Å². The maximum absolute atomic E-state index is 2.38. The minimum atomic E-state index is -2.08. The second kappa shape index (κ2) is 7.38. The molecule has 3 rings (SSSR count). The van der Waals surface area contributed by atoms with Gasteiger partial charge in [0, 0.05) is 0 Å². The molecule has 0 spiro atoms. The standard InChI is InChI=1S/3C8H9.Sb/c3*1-7-5-3-4-6-8(7)2;/h3*3-5H,1-2H3;. The molecule has 0 nitrogen and oxygen atoms in total. The molecule has 128 valence electrons. The predicted octanol–water partition coefficient (Wildman–Crippen LogP) is 4.05. The molecule has 0 heterocycles. The fourth-order valence-electron chi connectivity index (χ4n) is 3.32. The first kappa shape index (κ1) is 18.3. The topological polar surface area (TPSA) is 0 Å². The van der Waals surface area contributed by atoms with E-state index in [-0.39, 0.29) is 0 Å². The van der Waals surface area contributed by atoms with Crippen LogP contribution in [0, 0.1) is 41.5 Å². The Morgan fingerprint density at radius 3 is 1.00 bits per heavy atom. The van der Waals surface area contributed by atoms with E-state index in [9.17, 15) is 0 Å². The Hall–Kier alpha value is -1.52. The van der Waals surface area contributed by atoms with Crippen molar-refractivity contribution in [1.82, 2.24) is 0 Å². The van der Waals surface area contributed by atoms with Crippen molar-refractivity contribution >= 4 is 30.7 Å². The van der Waals surface area contributed by atoms with Gasteiger partial charge in [-0.05, 0) is 0 Å². The van der Waals surface area contributed by atoms with E-state index in [0.717, 1.165) is 0 Å². The van der Waals surface area contributed by atoms with E-state index in [0.29, 0.717) is 0 Å². The fraction of sp³-hybridized carbons (Fsp3) is 0.250. The summed E-state index contributed by atoms with van der Waals surface area (Å²) in [4.78, 5) is 0. The van der Waals surface area contributed by atoms with Crippen molar-refractivity contribution in [3.63, 3.8) is 0 Å². The number of benzene rings is 3. The molecule has 0 bridgehead atoms. The Labute approximate surface area is 159 Å². The van der Waals surface area contributed by atoms with Gasteiger partial charge >= 0.3 is 160 Å². The van der Waals surface area contributed by atoms with E-state index in [1.807, 2.05) is 0 Å². The van der Waals surface area contributed by atoms with E-state index in [1.54, 1.807) is 10.5 Å². The van der Waals surface area contributed by atoms with Crippen LogP contribution in [0.4, 0.5) is 0 Å². The third kappa shape index (κ3) is 3.42. The average molecular weight is 437 g/mol. The molecule has 0 unspecified atom stereocenters. The van der Waals surface area contributed by atoms with Gasteiger partial charge < -0.3 is 0 Å². The molecule has 0 saturated carbocycles. The molecule has 1 heteroatoms. The monoisotopic (exact) mass is 436 g/mol. The van der Waals surface area contributed by atoms with E-state index in [1.165, 1.54) is 33.4 Å². The van der Waals surface area contributed by atoms with Crippen LogP contribution >= 0.6 is 0 Å². The van der Waals surface area contributed by atoms with Gasteiger partial charge in [0.2, 0.25) is 0 Å². The van der Waals surface area contributed by atoms with Crippen LogP contribution < -0.4 is 10.5 Å². The zero-order chi connectivity index (χ0) is 18.1. The molecule has 25 heavy (non-hydrogen) atoms. The van der Waals surface area contributed by atoms with Crippen molar-refractivity contribution in [2.24, 2.45) is 0 Å². The summed E-state index contributed by atoms with van der Waals surface area (Å²) in [6.45, 7) is 13.6. The van der Waals surface area contributed by atoms with E-state index in [4.69, 9.17) is 0 Å². The molecular formula is C24H27Sb. The van der Waals surface area contributed by atoms with Gasteiger partial charge in [-0.25, -0.2) is 0 Å².